The highest BCUT2D eigenvalue weighted by atomic mass is 35.5. The van der Waals surface area contributed by atoms with Gasteiger partial charge in [-0.1, -0.05) is 41.4 Å². The minimum atomic E-state index is -0.631. The van der Waals surface area contributed by atoms with E-state index in [2.05, 4.69) is 15.2 Å². The fourth-order valence-corrected chi connectivity index (χ4v) is 4.83. The first-order valence-corrected chi connectivity index (χ1v) is 12.3. The molecule has 2 aromatic carbocycles. The van der Waals surface area contributed by atoms with Crippen LogP contribution < -0.4 is 5.32 Å². The molecule has 0 unspecified atom stereocenters. The molecular weight excluding hydrogens is 524 g/mol. The Balaban J connectivity index is 1.39. The molecule has 0 spiro atoms. The van der Waals surface area contributed by atoms with Crippen molar-refractivity contribution in [3.63, 3.8) is 0 Å². The number of rotatable bonds is 5. The monoisotopic (exact) mass is 544 g/mol. The maximum Gasteiger partial charge on any atom is 0.326 e. The van der Waals surface area contributed by atoms with Crippen LogP contribution in [0.4, 0.5) is 18.0 Å². The lowest BCUT2D eigenvalue weighted by Crippen LogP contribution is -2.34. The SMILES string of the molecule is O=C(NCc1ccnc(F)c1)n1c2c(c3cc(F)c(Cl)cc31)CN(C/C=C/c1ccc(Cl)c(F)c1)CC2. The van der Waals surface area contributed by atoms with Crippen LogP contribution in [0, 0.1) is 17.6 Å². The Kier molecular flexibility index (Phi) is 7.24. The normalized spacial score (nSPS) is 13.9. The first-order chi connectivity index (χ1) is 17.8. The van der Waals surface area contributed by atoms with E-state index in [1.807, 2.05) is 12.2 Å². The van der Waals surface area contributed by atoms with E-state index in [1.54, 1.807) is 12.1 Å². The molecule has 0 saturated heterocycles. The zero-order valence-electron chi connectivity index (χ0n) is 19.4. The molecule has 3 heterocycles. The largest absolute Gasteiger partial charge is 0.333 e. The number of carbonyl (C=O) groups excluding carboxylic acids is 1. The second-order valence-electron chi connectivity index (χ2n) is 8.75. The number of amides is 1. The fourth-order valence-electron chi connectivity index (χ4n) is 4.56. The van der Waals surface area contributed by atoms with Gasteiger partial charge in [-0.2, -0.15) is 4.39 Å². The van der Waals surface area contributed by atoms with Crippen molar-refractivity contribution in [2.45, 2.75) is 19.5 Å². The third-order valence-corrected chi connectivity index (χ3v) is 6.92. The number of nitrogens with zero attached hydrogens (tertiary/aromatic N) is 3. The summed E-state index contributed by atoms with van der Waals surface area (Å²) in [5, 5.41) is 3.40. The van der Waals surface area contributed by atoms with Crippen LogP contribution in [-0.4, -0.2) is 33.6 Å². The van der Waals surface area contributed by atoms with Crippen molar-refractivity contribution >= 4 is 46.2 Å². The Labute approximate surface area is 221 Å². The number of halogens is 5. The molecular formula is C27H21Cl2F3N4O. The topological polar surface area (TPSA) is 50.2 Å². The average molecular weight is 545 g/mol. The summed E-state index contributed by atoms with van der Waals surface area (Å²) in [6.45, 7) is 1.82. The summed E-state index contributed by atoms with van der Waals surface area (Å²) < 4.78 is 43.1. The molecule has 1 aliphatic rings. The summed E-state index contributed by atoms with van der Waals surface area (Å²) in [4.78, 5) is 18.9. The molecule has 1 N–H and O–H groups in total. The second-order valence-corrected chi connectivity index (χ2v) is 9.57. The van der Waals surface area contributed by atoms with E-state index in [1.165, 1.54) is 41.1 Å². The van der Waals surface area contributed by atoms with Crippen LogP contribution in [-0.2, 0) is 19.5 Å². The third kappa shape index (κ3) is 5.37. The van der Waals surface area contributed by atoms with Gasteiger partial charge in [0.1, 0.15) is 11.6 Å². The highest BCUT2D eigenvalue weighted by Crippen LogP contribution is 2.34. The maximum absolute atomic E-state index is 14.4. The van der Waals surface area contributed by atoms with Crippen LogP contribution in [0.2, 0.25) is 10.0 Å². The van der Waals surface area contributed by atoms with E-state index >= 15 is 0 Å². The van der Waals surface area contributed by atoms with Crippen molar-refractivity contribution in [2.75, 3.05) is 13.1 Å². The standard InChI is InChI=1S/C27H21Cl2F3N4O/c28-20-4-3-16(10-22(20)30)2-1-8-35-9-6-24-19(15-35)18-12-23(31)21(29)13-25(18)36(24)27(37)34-14-17-5-7-33-26(32)11-17/h1-5,7,10-13H,6,8-9,14-15H2,(H,34,37)/b2-1+. The van der Waals surface area contributed by atoms with Crippen molar-refractivity contribution in [2.24, 2.45) is 0 Å². The number of pyridine rings is 1. The number of hydrogen-bond acceptors (Lipinski definition) is 3. The predicted molar refractivity (Wildman–Crippen MR) is 138 cm³/mol. The Bertz CT molecular complexity index is 1540. The number of benzene rings is 2. The first-order valence-electron chi connectivity index (χ1n) is 11.5. The van der Waals surface area contributed by atoms with Crippen molar-refractivity contribution in [1.82, 2.24) is 19.8 Å². The van der Waals surface area contributed by atoms with E-state index < -0.39 is 23.6 Å². The zero-order chi connectivity index (χ0) is 26.1. The molecule has 0 bridgehead atoms. The van der Waals surface area contributed by atoms with Crippen LogP contribution in [0.1, 0.15) is 22.4 Å². The predicted octanol–water partition coefficient (Wildman–Crippen LogP) is 6.59. The van der Waals surface area contributed by atoms with Gasteiger partial charge in [0.25, 0.3) is 0 Å². The quantitative estimate of drug-likeness (QED) is 0.288. The Morgan fingerprint density at radius 2 is 1.86 bits per heavy atom. The van der Waals surface area contributed by atoms with Crippen LogP contribution in [0.3, 0.4) is 0 Å². The third-order valence-electron chi connectivity index (χ3n) is 6.32. The van der Waals surface area contributed by atoms with Gasteiger partial charge in [0.2, 0.25) is 5.95 Å². The van der Waals surface area contributed by atoms with E-state index in [-0.39, 0.29) is 16.6 Å². The summed E-state index contributed by atoms with van der Waals surface area (Å²) in [7, 11) is 0. The lowest BCUT2D eigenvalue weighted by molar-refractivity contribution is 0.240. The van der Waals surface area contributed by atoms with Crippen LogP contribution in [0.5, 0.6) is 0 Å². The fraction of sp³-hybridized carbons (Fsp3) is 0.185. The van der Waals surface area contributed by atoms with E-state index in [4.69, 9.17) is 23.2 Å². The molecule has 0 aliphatic carbocycles. The van der Waals surface area contributed by atoms with Crippen molar-refractivity contribution in [3.05, 3.63) is 105 Å². The summed E-state index contributed by atoms with van der Waals surface area (Å²) >= 11 is 11.8. The molecule has 37 heavy (non-hydrogen) atoms. The maximum atomic E-state index is 14.4. The van der Waals surface area contributed by atoms with Gasteiger partial charge >= 0.3 is 6.03 Å². The summed E-state index contributed by atoms with van der Waals surface area (Å²) in [6, 6.07) is 9.87. The van der Waals surface area contributed by atoms with Gasteiger partial charge in [-0.25, -0.2) is 18.6 Å². The number of nitrogens with one attached hydrogen (secondary N) is 1. The van der Waals surface area contributed by atoms with Crippen LogP contribution in [0.25, 0.3) is 17.0 Å². The molecule has 0 radical (unpaired) electrons. The van der Waals surface area contributed by atoms with Gasteiger partial charge in [-0.05, 0) is 53.1 Å². The van der Waals surface area contributed by atoms with Gasteiger partial charge < -0.3 is 5.32 Å². The van der Waals surface area contributed by atoms with Gasteiger partial charge in [-0.3, -0.25) is 9.47 Å². The molecule has 1 aliphatic heterocycles. The lowest BCUT2D eigenvalue weighted by atomic mass is 10.0. The smallest absolute Gasteiger partial charge is 0.326 e. The van der Waals surface area contributed by atoms with E-state index in [0.29, 0.717) is 48.1 Å². The van der Waals surface area contributed by atoms with Crippen molar-refractivity contribution < 1.29 is 18.0 Å². The Hall–Kier alpha value is -3.33. The number of fused-ring (bicyclic) bond motifs is 3. The minimum absolute atomic E-state index is 0.0708. The molecule has 1 amide bonds. The number of carbonyl (C=O) groups is 1. The lowest BCUT2D eigenvalue weighted by Gasteiger charge is -2.27. The Morgan fingerprint density at radius 3 is 2.65 bits per heavy atom. The molecule has 4 aromatic rings. The zero-order valence-corrected chi connectivity index (χ0v) is 21.0. The summed E-state index contributed by atoms with van der Waals surface area (Å²) in [5.41, 5.74) is 3.37. The van der Waals surface area contributed by atoms with Gasteiger partial charge in [0.15, 0.2) is 0 Å². The molecule has 190 valence electrons. The van der Waals surface area contributed by atoms with E-state index in [0.717, 1.165) is 11.3 Å². The van der Waals surface area contributed by atoms with Crippen molar-refractivity contribution in [1.29, 1.82) is 0 Å². The highest BCUT2D eigenvalue weighted by molar-refractivity contribution is 6.31. The number of aromatic nitrogens is 2. The van der Waals surface area contributed by atoms with Gasteiger partial charge in [0.05, 0.1) is 15.6 Å². The van der Waals surface area contributed by atoms with E-state index in [9.17, 15) is 18.0 Å². The summed E-state index contributed by atoms with van der Waals surface area (Å²) in [6.07, 6.45) is 5.61. The second kappa shape index (κ2) is 10.6. The van der Waals surface area contributed by atoms with Crippen LogP contribution >= 0.6 is 23.2 Å². The highest BCUT2D eigenvalue weighted by Gasteiger charge is 2.27. The minimum Gasteiger partial charge on any atom is -0.333 e. The average Bonchev–Trinajstić information content (AvgIpc) is 3.17. The number of hydrogen-bond donors (Lipinski definition) is 1. The van der Waals surface area contributed by atoms with Crippen molar-refractivity contribution in [3.8, 4) is 0 Å². The van der Waals surface area contributed by atoms with Crippen LogP contribution in [0.15, 0.2) is 54.7 Å². The first kappa shape index (κ1) is 25.3. The molecule has 0 saturated carbocycles. The molecule has 0 fully saturated rings. The summed E-state index contributed by atoms with van der Waals surface area (Å²) in [5.74, 6) is -1.68. The Morgan fingerprint density at radius 1 is 1.05 bits per heavy atom. The molecule has 2 aromatic heterocycles. The molecule has 0 atom stereocenters. The molecule has 5 nitrogen and oxygen atoms in total. The molecule has 5 rings (SSSR count). The molecule has 10 heteroatoms. The van der Waals surface area contributed by atoms with Gasteiger partial charge in [-0.15, -0.1) is 0 Å². The van der Waals surface area contributed by atoms with Gasteiger partial charge in [0, 0.05) is 49.9 Å².